The average Bonchev–Trinajstić information content (AvgIpc) is 2.40. The highest BCUT2D eigenvalue weighted by Gasteiger charge is 2.20. The summed E-state index contributed by atoms with van der Waals surface area (Å²) in [5.41, 5.74) is 0.932. The second-order valence-corrected chi connectivity index (χ2v) is 5.04. The molecular weight excluding hydrogens is 265 g/mol. The molecule has 4 heteroatoms. The lowest BCUT2D eigenvalue weighted by molar-refractivity contribution is 0.0301. The minimum Gasteiger partial charge on any atom is -0.377 e. The van der Waals surface area contributed by atoms with Gasteiger partial charge in [0.25, 0.3) is 0 Å². The molecule has 0 aromatic heterocycles. The number of rotatable bonds is 8. The molecule has 0 radical (unpaired) electrons. The summed E-state index contributed by atoms with van der Waals surface area (Å²) in [5, 5.41) is 3.44. The van der Waals surface area contributed by atoms with Crippen LogP contribution in [0.3, 0.4) is 0 Å². The normalized spacial score (nSPS) is 14.4. The third-order valence-corrected chi connectivity index (χ3v) is 3.52. The van der Waals surface area contributed by atoms with Gasteiger partial charge in [0, 0.05) is 12.6 Å². The van der Waals surface area contributed by atoms with Gasteiger partial charge in [0.1, 0.15) is 5.82 Å². The maximum absolute atomic E-state index is 13.4. The van der Waals surface area contributed by atoms with Crippen LogP contribution >= 0.6 is 11.6 Å². The Bertz CT molecular complexity index is 380. The van der Waals surface area contributed by atoms with Crippen molar-refractivity contribution in [2.45, 2.75) is 45.3 Å². The number of ether oxygens (including phenoxy) is 1. The van der Waals surface area contributed by atoms with E-state index < -0.39 is 0 Å². The molecule has 0 heterocycles. The molecule has 1 N–H and O–H groups in total. The SMILES string of the molecule is CCCC(OCC)C(Cc1ccc(Cl)c(F)c1)NC. The Morgan fingerprint density at radius 3 is 2.63 bits per heavy atom. The number of halogens is 2. The zero-order chi connectivity index (χ0) is 14.3. The summed E-state index contributed by atoms with van der Waals surface area (Å²) in [6.45, 7) is 4.83. The van der Waals surface area contributed by atoms with E-state index in [4.69, 9.17) is 16.3 Å². The van der Waals surface area contributed by atoms with Crippen LogP contribution in [0.2, 0.25) is 5.02 Å². The Labute approximate surface area is 120 Å². The molecule has 0 aliphatic rings. The van der Waals surface area contributed by atoms with Gasteiger partial charge >= 0.3 is 0 Å². The fourth-order valence-electron chi connectivity index (χ4n) is 2.24. The molecule has 0 aliphatic carbocycles. The number of likely N-dealkylation sites (N-methyl/N-ethyl adjacent to an activating group) is 1. The summed E-state index contributed by atoms with van der Waals surface area (Å²) in [6, 6.07) is 5.15. The number of benzene rings is 1. The quantitative estimate of drug-likeness (QED) is 0.785. The second kappa shape index (κ2) is 8.51. The zero-order valence-electron chi connectivity index (χ0n) is 11.9. The van der Waals surface area contributed by atoms with Crippen molar-refractivity contribution >= 4 is 11.6 Å². The first kappa shape index (κ1) is 16.4. The monoisotopic (exact) mass is 287 g/mol. The van der Waals surface area contributed by atoms with Crippen LogP contribution in [-0.2, 0) is 11.2 Å². The molecule has 2 nitrogen and oxygen atoms in total. The molecule has 0 amide bonds. The minimum atomic E-state index is -0.363. The topological polar surface area (TPSA) is 21.3 Å². The van der Waals surface area contributed by atoms with Crippen molar-refractivity contribution in [3.8, 4) is 0 Å². The maximum atomic E-state index is 13.4. The van der Waals surface area contributed by atoms with Crippen LogP contribution in [0.1, 0.15) is 32.3 Å². The van der Waals surface area contributed by atoms with Crippen molar-refractivity contribution < 1.29 is 9.13 Å². The van der Waals surface area contributed by atoms with Crippen LogP contribution < -0.4 is 5.32 Å². The molecule has 0 spiro atoms. The van der Waals surface area contributed by atoms with Crippen LogP contribution in [0, 0.1) is 5.82 Å². The molecule has 108 valence electrons. The van der Waals surface area contributed by atoms with E-state index in [0.29, 0.717) is 6.61 Å². The second-order valence-electron chi connectivity index (χ2n) is 4.63. The van der Waals surface area contributed by atoms with Gasteiger partial charge < -0.3 is 10.1 Å². The van der Waals surface area contributed by atoms with Crippen molar-refractivity contribution in [2.75, 3.05) is 13.7 Å². The van der Waals surface area contributed by atoms with Crippen molar-refractivity contribution in [3.05, 3.63) is 34.6 Å². The third kappa shape index (κ3) is 5.09. The molecule has 2 atom stereocenters. The average molecular weight is 288 g/mol. The molecule has 0 saturated carbocycles. The Morgan fingerprint density at radius 1 is 1.37 bits per heavy atom. The summed E-state index contributed by atoms with van der Waals surface area (Å²) in [4.78, 5) is 0. The van der Waals surface area contributed by atoms with Crippen molar-refractivity contribution in [2.24, 2.45) is 0 Å². The number of nitrogens with one attached hydrogen (secondary N) is 1. The molecule has 0 fully saturated rings. The summed E-state index contributed by atoms with van der Waals surface area (Å²) in [7, 11) is 1.92. The van der Waals surface area contributed by atoms with Gasteiger partial charge in [-0.1, -0.05) is 31.0 Å². The summed E-state index contributed by atoms with van der Waals surface area (Å²) < 4.78 is 19.2. The Hall–Kier alpha value is -0.640. The Morgan fingerprint density at radius 2 is 2.11 bits per heavy atom. The summed E-state index contributed by atoms with van der Waals surface area (Å²) >= 11 is 5.70. The Kier molecular flexibility index (Phi) is 7.36. The van der Waals surface area contributed by atoms with Gasteiger partial charge in [-0.25, -0.2) is 4.39 Å². The highest BCUT2D eigenvalue weighted by atomic mass is 35.5. The first-order valence-electron chi connectivity index (χ1n) is 6.85. The smallest absolute Gasteiger partial charge is 0.142 e. The van der Waals surface area contributed by atoms with Gasteiger partial charge in [0.05, 0.1) is 11.1 Å². The molecule has 1 aromatic carbocycles. The molecule has 0 saturated heterocycles. The molecule has 19 heavy (non-hydrogen) atoms. The van der Waals surface area contributed by atoms with E-state index in [1.54, 1.807) is 6.07 Å². The van der Waals surface area contributed by atoms with E-state index in [2.05, 4.69) is 12.2 Å². The highest BCUT2D eigenvalue weighted by molar-refractivity contribution is 6.30. The first-order valence-corrected chi connectivity index (χ1v) is 7.22. The van der Waals surface area contributed by atoms with E-state index in [0.717, 1.165) is 24.8 Å². The van der Waals surface area contributed by atoms with Crippen LogP contribution in [0.25, 0.3) is 0 Å². The zero-order valence-corrected chi connectivity index (χ0v) is 12.6. The van der Waals surface area contributed by atoms with E-state index in [9.17, 15) is 4.39 Å². The van der Waals surface area contributed by atoms with Crippen LogP contribution in [-0.4, -0.2) is 25.8 Å². The van der Waals surface area contributed by atoms with Gasteiger partial charge in [0.2, 0.25) is 0 Å². The minimum absolute atomic E-state index is 0.152. The largest absolute Gasteiger partial charge is 0.377 e. The lowest BCUT2D eigenvalue weighted by Gasteiger charge is -2.26. The Balaban J connectivity index is 2.75. The number of hydrogen-bond acceptors (Lipinski definition) is 2. The van der Waals surface area contributed by atoms with Crippen molar-refractivity contribution in [1.82, 2.24) is 5.32 Å². The molecule has 1 rings (SSSR count). The van der Waals surface area contributed by atoms with E-state index >= 15 is 0 Å². The van der Waals surface area contributed by atoms with Gasteiger partial charge in [-0.3, -0.25) is 0 Å². The predicted molar refractivity (Wildman–Crippen MR) is 78.3 cm³/mol. The lowest BCUT2D eigenvalue weighted by atomic mass is 9.98. The standard InChI is InChI=1S/C15H23ClFNO/c1-4-6-15(19-5-2)14(18-3)10-11-7-8-12(16)13(17)9-11/h7-9,14-15,18H,4-6,10H2,1-3H3. The number of hydrogen-bond donors (Lipinski definition) is 1. The van der Waals surface area contributed by atoms with Gasteiger partial charge in [-0.15, -0.1) is 0 Å². The van der Waals surface area contributed by atoms with E-state index in [1.807, 2.05) is 20.0 Å². The first-order chi connectivity index (χ1) is 9.12. The third-order valence-electron chi connectivity index (χ3n) is 3.21. The summed E-state index contributed by atoms with van der Waals surface area (Å²) in [6.07, 6.45) is 2.95. The fraction of sp³-hybridized carbons (Fsp3) is 0.600. The highest BCUT2D eigenvalue weighted by Crippen LogP contribution is 2.18. The lowest BCUT2D eigenvalue weighted by Crippen LogP contribution is -2.41. The van der Waals surface area contributed by atoms with Crippen LogP contribution in [0.4, 0.5) is 4.39 Å². The predicted octanol–water partition coefficient (Wildman–Crippen LogP) is 3.81. The maximum Gasteiger partial charge on any atom is 0.142 e. The molecule has 1 aromatic rings. The fourth-order valence-corrected chi connectivity index (χ4v) is 2.36. The molecule has 2 unspecified atom stereocenters. The van der Waals surface area contributed by atoms with Crippen LogP contribution in [0.5, 0.6) is 0 Å². The van der Waals surface area contributed by atoms with Gasteiger partial charge in [-0.2, -0.15) is 0 Å². The molecule has 0 bridgehead atoms. The van der Waals surface area contributed by atoms with Crippen molar-refractivity contribution in [1.29, 1.82) is 0 Å². The van der Waals surface area contributed by atoms with Crippen LogP contribution in [0.15, 0.2) is 18.2 Å². The van der Waals surface area contributed by atoms with Gasteiger partial charge in [0.15, 0.2) is 0 Å². The van der Waals surface area contributed by atoms with Gasteiger partial charge in [-0.05, 0) is 44.5 Å². The van der Waals surface area contributed by atoms with E-state index in [-0.39, 0.29) is 23.0 Å². The summed E-state index contributed by atoms with van der Waals surface area (Å²) in [5.74, 6) is -0.363. The molecule has 0 aliphatic heterocycles. The van der Waals surface area contributed by atoms with Crippen molar-refractivity contribution in [3.63, 3.8) is 0 Å². The molecular formula is C15H23ClFNO. The van der Waals surface area contributed by atoms with E-state index in [1.165, 1.54) is 6.07 Å².